The lowest BCUT2D eigenvalue weighted by molar-refractivity contribution is 0.410. The second-order valence-electron chi connectivity index (χ2n) is 3.17. The molecule has 4 heteroatoms. The van der Waals surface area contributed by atoms with Gasteiger partial charge in [-0.2, -0.15) is 4.98 Å². The largest absolute Gasteiger partial charge is 0.496 e. The molecule has 0 aliphatic rings. The van der Waals surface area contributed by atoms with E-state index in [1.807, 2.05) is 24.3 Å². The van der Waals surface area contributed by atoms with Gasteiger partial charge in [-0.1, -0.05) is 18.2 Å². The molecule has 2 N–H and O–H groups in total. The van der Waals surface area contributed by atoms with E-state index in [1.165, 1.54) is 0 Å². The molecule has 0 amide bonds. The van der Waals surface area contributed by atoms with Crippen molar-refractivity contribution in [1.82, 2.24) is 4.98 Å². The molecule has 2 aromatic rings. The fraction of sp³-hybridized carbons (Fsp3) is 0.182. The van der Waals surface area contributed by atoms with Crippen molar-refractivity contribution in [1.29, 1.82) is 0 Å². The van der Waals surface area contributed by atoms with E-state index in [2.05, 4.69) is 4.98 Å². The molecule has 0 atom stereocenters. The van der Waals surface area contributed by atoms with Crippen LogP contribution >= 0.6 is 0 Å². The van der Waals surface area contributed by atoms with E-state index in [4.69, 9.17) is 14.9 Å². The van der Waals surface area contributed by atoms with Gasteiger partial charge >= 0.3 is 0 Å². The first-order valence-electron chi connectivity index (χ1n) is 4.61. The Balaban J connectivity index is 2.23. The summed E-state index contributed by atoms with van der Waals surface area (Å²) in [7, 11) is 1.65. The zero-order valence-electron chi connectivity index (χ0n) is 8.43. The summed E-state index contributed by atoms with van der Waals surface area (Å²) < 4.78 is 10.2. The van der Waals surface area contributed by atoms with Crippen LogP contribution in [0.15, 0.2) is 34.9 Å². The molecule has 0 unspecified atom stereocenters. The summed E-state index contributed by atoms with van der Waals surface area (Å²) in [6.07, 6.45) is 2.21. The van der Waals surface area contributed by atoms with Crippen molar-refractivity contribution in [2.24, 2.45) is 0 Å². The van der Waals surface area contributed by atoms with Crippen molar-refractivity contribution in [2.75, 3.05) is 12.8 Å². The monoisotopic (exact) mass is 204 g/mol. The maximum Gasteiger partial charge on any atom is 0.292 e. The molecule has 0 saturated heterocycles. The molecule has 78 valence electrons. The van der Waals surface area contributed by atoms with E-state index in [0.29, 0.717) is 6.42 Å². The highest BCUT2D eigenvalue weighted by atomic mass is 16.5. The van der Waals surface area contributed by atoms with Gasteiger partial charge in [-0.05, 0) is 6.07 Å². The van der Waals surface area contributed by atoms with E-state index in [1.54, 1.807) is 13.4 Å². The van der Waals surface area contributed by atoms with Gasteiger partial charge in [0, 0.05) is 12.0 Å². The number of hydrogen-bond acceptors (Lipinski definition) is 4. The van der Waals surface area contributed by atoms with Gasteiger partial charge in [0.1, 0.15) is 12.0 Å². The van der Waals surface area contributed by atoms with E-state index in [9.17, 15) is 0 Å². The van der Waals surface area contributed by atoms with Crippen molar-refractivity contribution in [2.45, 2.75) is 6.42 Å². The molecule has 0 radical (unpaired) electrons. The van der Waals surface area contributed by atoms with Crippen LogP contribution in [0, 0.1) is 0 Å². The number of hydrogen-bond donors (Lipinski definition) is 1. The lowest BCUT2D eigenvalue weighted by Crippen LogP contribution is -1.94. The van der Waals surface area contributed by atoms with Crippen LogP contribution in [-0.4, -0.2) is 12.1 Å². The third-order valence-electron chi connectivity index (χ3n) is 2.13. The lowest BCUT2D eigenvalue weighted by Gasteiger charge is -2.05. The molecule has 1 aromatic carbocycles. The highest BCUT2D eigenvalue weighted by Gasteiger charge is 2.06. The quantitative estimate of drug-likeness (QED) is 0.828. The molecule has 0 fully saturated rings. The number of para-hydroxylation sites is 1. The molecule has 0 aliphatic heterocycles. The third kappa shape index (κ3) is 2.10. The molecule has 4 nitrogen and oxygen atoms in total. The fourth-order valence-electron chi connectivity index (χ4n) is 1.45. The van der Waals surface area contributed by atoms with Crippen LogP contribution in [0.3, 0.4) is 0 Å². The predicted octanol–water partition coefficient (Wildman–Crippen LogP) is 1.86. The highest BCUT2D eigenvalue weighted by Crippen LogP contribution is 2.20. The second-order valence-corrected chi connectivity index (χ2v) is 3.17. The molecule has 1 heterocycles. The number of nitrogens with zero attached hydrogens (tertiary/aromatic N) is 1. The maximum atomic E-state index is 5.39. The smallest absolute Gasteiger partial charge is 0.292 e. The SMILES string of the molecule is COc1ccccc1Cc1coc(N)n1. The molecule has 15 heavy (non-hydrogen) atoms. The van der Waals surface area contributed by atoms with Crippen LogP contribution in [0.4, 0.5) is 6.01 Å². The van der Waals surface area contributed by atoms with Gasteiger partial charge in [-0.15, -0.1) is 0 Å². The fourth-order valence-corrected chi connectivity index (χ4v) is 1.45. The average molecular weight is 204 g/mol. The van der Waals surface area contributed by atoms with E-state index in [-0.39, 0.29) is 6.01 Å². The van der Waals surface area contributed by atoms with Crippen LogP contribution in [0.5, 0.6) is 5.75 Å². The van der Waals surface area contributed by atoms with E-state index in [0.717, 1.165) is 17.0 Å². The first-order chi connectivity index (χ1) is 7.29. The van der Waals surface area contributed by atoms with Crippen LogP contribution in [0.25, 0.3) is 0 Å². The number of aromatic nitrogens is 1. The second kappa shape index (κ2) is 4.04. The van der Waals surface area contributed by atoms with Crippen molar-refractivity contribution >= 4 is 6.01 Å². The first-order valence-corrected chi connectivity index (χ1v) is 4.61. The topological polar surface area (TPSA) is 61.3 Å². The number of anilines is 1. The third-order valence-corrected chi connectivity index (χ3v) is 2.13. The predicted molar refractivity (Wildman–Crippen MR) is 56.7 cm³/mol. The minimum Gasteiger partial charge on any atom is -0.496 e. The molecule has 2 rings (SSSR count). The van der Waals surface area contributed by atoms with Crippen molar-refractivity contribution in [3.8, 4) is 5.75 Å². The Morgan fingerprint density at radius 1 is 1.40 bits per heavy atom. The molecular formula is C11H12N2O2. The molecular weight excluding hydrogens is 192 g/mol. The Hall–Kier alpha value is -1.97. The zero-order valence-corrected chi connectivity index (χ0v) is 8.43. The van der Waals surface area contributed by atoms with Crippen LogP contribution in [0.1, 0.15) is 11.3 Å². The molecule has 0 saturated carbocycles. The Morgan fingerprint density at radius 3 is 2.87 bits per heavy atom. The maximum absolute atomic E-state index is 5.39. The van der Waals surface area contributed by atoms with Crippen LogP contribution in [-0.2, 0) is 6.42 Å². The van der Waals surface area contributed by atoms with Gasteiger partial charge in [-0.3, -0.25) is 0 Å². The number of nitrogen functional groups attached to an aromatic ring is 1. The average Bonchev–Trinajstić information content (AvgIpc) is 2.65. The Labute approximate surface area is 87.7 Å². The Bertz CT molecular complexity index is 451. The Kier molecular flexibility index (Phi) is 2.58. The molecule has 0 spiro atoms. The van der Waals surface area contributed by atoms with Gasteiger partial charge in [0.05, 0.1) is 12.8 Å². The molecule has 1 aromatic heterocycles. The molecule has 0 bridgehead atoms. The van der Waals surface area contributed by atoms with Gasteiger partial charge < -0.3 is 14.9 Å². The number of rotatable bonds is 3. The van der Waals surface area contributed by atoms with Gasteiger partial charge in [-0.25, -0.2) is 0 Å². The summed E-state index contributed by atoms with van der Waals surface area (Å²) in [6, 6.07) is 7.99. The van der Waals surface area contributed by atoms with Crippen LogP contribution in [0.2, 0.25) is 0 Å². The van der Waals surface area contributed by atoms with Crippen molar-refractivity contribution < 1.29 is 9.15 Å². The first kappa shape index (κ1) is 9.58. The zero-order chi connectivity index (χ0) is 10.7. The number of ether oxygens (including phenoxy) is 1. The summed E-state index contributed by atoms with van der Waals surface area (Å²) in [4.78, 5) is 4.04. The van der Waals surface area contributed by atoms with Crippen molar-refractivity contribution in [3.63, 3.8) is 0 Å². The van der Waals surface area contributed by atoms with Gasteiger partial charge in [0.15, 0.2) is 0 Å². The number of oxazole rings is 1. The number of methoxy groups -OCH3 is 1. The normalized spacial score (nSPS) is 10.2. The summed E-state index contributed by atoms with van der Waals surface area (Å²) >= 11 is 0. The van der Waals surface area contributed by atoms with Crippen LogP contribution < -0.4 is 10.5 Å². The summed E-state index contributed by atoms with van der Waals surface area (Å²) in [6.45, 7) is 0. The standard InChI is InChI=1S/C11H12N2O2/c1-14-10-5-3-2-4-8(10)6-9-7-15-11(12)13-9/h2-5,7H,6H2,1H3,(H2,12,13). The Morgan fingerprint density at radius 2 is 2.20 bits per heavy atom. The van der Waals surface area contributed by atoms with E-state index < -0.39 is 0 Å². The summed E-state index contributed by atoms with van der Waals surface area (Å²) in [5, 5.41) is 0. The van der Waals surface area contributed by atoms with Gasteiger partial charge in [0.2, 0.25) is 0 Å². The summed E-state index contributed by atoms with van der Waals surface area (Å²) in [5.41, 5.74) is 7.26. The minimum absolute atomic E-state index is 0.194. The van der Waals surface area contributed by atoms with Gasteiger partial charge in [0.25, 0.3) is 6.01 Å². The number of benzene rings is 1. The molecule has 0 aliphatic carbocycles. The lowest BCUT2D eigenvalue weighted by atomic mass is 10.1. The highest BCUT2D eigenvalue weighted by molar-refractivity contribution is 5.36. The number of nitrogens with two attached hydrogens (primary N) is 1. The van der Waals surface area contributed by atoms with E-state index >= 15 is 0 Å². The van der Waals surface area contributed by atoms with Crippen molar-refractivity contribution in [3.05, 3.63) is 41.8 Å². The minimum atomic E-state index is 0.194. The summed E-state index contributed by atoms with van der Waals surface area (Å²) in [5.74, 6) is 0.846.